The van der Waals surface area contributed by atoms with Gasteiger partial charge in [-0.1, -0.05) is 0 Å². The number of nitrogens with two attached hydrogens (primary N) is 1. The third-order valence-corrected chi connectivity index (χ3v) is 4.00. The Balaban J connectivity index is 1.72. The van der Waals surface area contributed by atoms with Gasteiger partial charge in [0.1, 0.15) is 11.3 Å². The average molecular weight is 276 g/mol. The SMILES string of the molecule is NC1(C(=O)Nc2ccc3c(c2)CCCO3)CCOCC1. The van der Waals surface area contributed by atoms with Crippen LogP contribution in [0.5, 0.6) is 5.75 Å². The summed E-state index contributed by atoms with van der Waals surface area (Å²) >= 11 is 0. The van der Waals surface area contributed by atoms with E-state index in [1.54, 1.807) is 0 Å². The van der Waals surface area contributed by atoms with Gasteiger partial charge in [0.25, 0.3) is 0 Å². The van der Waals surface area contributed by atoms with E-state index in [1.807, 2.05) is 18.2 Å². The Morgan fingerprint density at radius 3 is 2.85 bits per heavy atom. The summed E-state index contributed by atoms with van der Waals surface area (Å²) in [5.74, 6) is 0.792. The van der Waals surface area contributed by atoms with E-state index in [-0.39, 0.29) is 5.91 Å². The number of hydrogen-bond donors (Lipinski definition) is 2. The Morgan fingerprint density at radius 1 is 1.25 bits per heavy atom. The Kier molecular flexibility index (Phi) is 3.63. The zero-order valence-electron chi connectivity index (χ0n) is 11.5. The van der Waals surface area contributed by atoms with Gasteiger partial charge in [0.15, 0.2) is 0 Å². The van der Waals surface area contributed by atoms with Crippen molar-refractivity contribution in [3.63, 3.8) is 0 Å². The van der Waals surface area contributed by atoms with Gasteiger partial charge < -0.3 is 20.5 Å². The van der Waals surface area contributed by atoms with Crippen molar-refractivity contribution in [3.05, 3.63) is 23.8 Å². The molecule has 20 heavy (non-hydrogen) atoms. The van der Waals surface area contributed by atoms with Crippen molar-refractivity contribution >= 4 is 11.6 Å². The van der Waals surface area contributed by atoms with Crippen LogP contribution in [0.3, 0.4) is 0 Å². The molecule has 3 N–H and O–H groups in total. The maximum Gasteiger partial charge on any atom is 0.244 e. The first-order valence-electron chi connectivity index (χ1n) is 7.11. The molecule has 0 atom stereocenters. The molecule has 5 heteroatoms. The van der Waals surface area contributed by atoms with E-state index < -0.39 is 5.54 Å². The zero-order valence-corrected chi connectivity index (χ0v) is 11.5. The number of fused-ring (bicyclic) bond motifs is 1. The lowest BCUT2D eigenvalue weighted by atomic mass is 9.90. The van der Waals surface area contributed by atoms with Crippen molar-refractivity contribution in [3.8, 4) is 5.75 Å². The zero-order chi connectivity index (χ0) is 14.0. The van der Waals surface area contributed by atoms with E-state index in [4.69, 9.17) is 15.2 Å². The fourth-order valence-electron chi connectivity index (χ4n) is 2.66. The van der Waals surface area contributed by atoms with Crippen LogP contribution < -0.4 is 15.8 Å². The molecule has 108 valence electrons. The van der Waals surface area contributed by atoms with Crippen LogP contribution in [0.15, 0.2) is 18.2 Å². The number of aryl methyl sites for hydroxylation is 1. The summed E-state index contributed by atoms with van der Waals surface area (Å²) in [5.41, 5.74) is 7.29. The average Bonchev–Trinajstić information content (AvgIpc) is 2.48. The highest BCUT2D eigenvalue weighted by Crippen LogP contribution is 2.28. The molecule has 2 heterocycles. The molecule has 0 bridgehead atoms. The standard InChI is InChI=1S/C15H20N2O3/c16-15(5-8-19-9-6-15)14(18)17-12-3-4-13-11(10-12)2-1-7-20-13/h3-4,10H,1-2,5-9,16H2,(H,17,18). The van der Waals surface area contributed by atoms with Crippen LogP contribution in [0.2, 0.25) is 0 Å². The smallest absolute Gasteiger partial charge is 0.244 e. The minimum absolute atomic E-state index is 0.127. The lowest BCUT2D eigenvalue weighted by Crippen LogP contribution is -2.54. The third kappa shape index (κ3) is 2.64. The first kappa shape index (κ1) is 13.4. The predicted octanol–water partition coefficient (Wildman–Crippen LogP) is 1.46. The molecule has 2 aliphatic rings. The normalized spacial score (nSPS) is 20.6. The van der Waals surface area contributed by atoms with Gasteiger partial charge in [-0.15, -0.1) is 0 Å². The first-order chi connectivity index (χ1) is 9.67. The molecule has 1 amide bonds. The molecule has 0 radical (unpaired) electrons. The van der Waals surface area contributed by atoms with Gasteiger partial charge in [-0.25, -0.2) is 0 Å². The summed E-state index contributed by atoms with van der Waals surface area (Å²) in [4.78, 5) is 12.3. The second-order valence-electron chi connectivity index (χ2n) is 5.50. The van der Waals surface area contributed by atoms with Crippen molar-refractivity contribution in [2.75, 3.05) is 25.1 Å². The van der Waals surface area contributed by atoms with Crippen LogP contribution in [0.4, 0.5) is 5.69 Å². The Bertz CT molecular complexity index is 510. The molecule has 3 rings (SSSR count). The number of nitrogens with one attached hydrogen (secondary N) is 1. The maximum atomic E-state index is 12.3. The summed E-state index contributed by atoms with van der Waals surface area (Å²) < 4.78 is 10.8. The van der Waals surface area contributed by atoms with Crippen molar-refractivity contribution in [1.29, 1.82) is 0 Å². The second-order valence-corrected chi connectivity index (χ2v) is 5.50. The molecule has 1 saturated heterocycles. The van der Waals surface area contributed by atoms with Crippen molar-refractivity contribution in [1.82, 2.24) is 0 Å². The van der Waals surface area contributed by atoms with Crippen LogP contribution in [-0.2, 0) is 16.0 Å². The van der Waals surface area contributed by atoms with E-state index in [1.165, 1.54) is 0 Å². The van der Waals surface area contributed by atoms with Gasteiger partial charge in [-0.05, 0) is 49.4 Å². The van der Waals surface area contributed by atoms with Gasteiger partial charge in [0.05, 0.1) is 6.61 Å². The van der Waals surface area contributed by atoms with E-state index in [0.29, 0.717) is 26.1 Å². The van der Waals surface area contributed by atoms with Crippen LogP contribution in [0.1, 0.15) is 24.8 Å². The highest BCUT2D eigenvalue weighted by atomic mass is 16.5. The molecular weight excluding hydrogens is 256 g/mol. The summed E-state index contributed by atoms with van der Waals surface area (Å²) in [6.07, 6.45) is 3.13. The fourth-order valence-corrected chi connectivity index (χ4v) is 2.66. The number of carbonyl (C=O) groups is 1. The summed E-state index contributed by atoms with van der Waals surface area (Å²) in [6.45, 7) is 1.86. The number of rotatable bonds is 2. The number of hydrogen-bond acceptors (Lipinski definition) is 4. The van der Waals surface area contributed by atoms with Gasteiger partial charge in [0, 0.05) is 18.9 Å². The van der Waals surface area contributed by atoms with E-state index in [2.05, 4.69) is 5.32 Å². The molecule has 1 aromatic rings. The quantitative estimate of drug-likeness (QED) is 0.857. The van der Waals surface area contributed by atoms with Gasteiger partial charge in [0.2, 0.25) is 5.91 Å². The lowest BCUT2D eigenvalue weighted by molar-refractivity contribution is -0.124. The summed E-state index contributed by atoms with van der Waals surface area (Å²) in [5, 5.41) is 2.93. The minimum Gasteiger partial charge on any atom is -0.493 e. The number of benzene rings is 1. The topological polar surface area (TPSA) is 73.6 Å². The van der Waals surface area contributed by atoms with Gasteiger partial charge in [-0.3, -0.25) is 4.79 Å². The molecule has 1 aromatic carbocycles. The first-order valence-corrected chi connectivity index (χ1v) is 7.11. The lowest BCUT2D eigenvalue weighted by Gasteiger charge is -2.31. The maximum absolute atomic E-state index is 12.3. The molecule has 0 spiro atoms. The Hall–Kier alpha value is -1.59. The van der Waals surface area contributed by atoms with Crippen LogP contribution in [-0.4, -0.2) is 31.3 Å². The molecule has 0 unspecified atom stereocenters. The second kappa shape index (κ2) is 5.42. The largest absolute Gasteiger partial charge is 0.493 e. The summed E-state index contributed by atoms with van der Waals surface area (Å²) in [6, 6.07) is 5.76. The van der Waals surface area contributed by atoms with Gasteiger partial charge in [-0.2, -0.15) is 0 Å². The Labute approximate surface area is 118 Å². The Morgan fingerprint density at radius 2 is 2.05 bits per heavy atom. The highest BCUT2D eigenvalue weighted by molar-refractivity contribution is 5.98. The molecule has 0 aliphatic carbocycles. The predicted molar refractivity (Wildman–Crippen MR) is 75.9 cm³/mol. The molecule has 1 fully saturated rings. The summed E-state index contributed by atoms with van der Waals surface area (Å²) in [7, 11) is 0. The van der Waals surface area contributed by atoms with Crippen LogP contribution >= 0.6 is 0 Å². The van der Waals surface area contributed by atoms with Crippen molar-refractivity contribution < 1.29 is 14.3 Å². The van der Waals surface area contributed by atoms with E-state index in [0.717, 1.165) is 36.4 Å². The number of amides is 1. The number of ether oxygens (including phenoxy) is 2. The van der Waals surface area contributed by atoms with Crippen molar-refractivity contribution in [2.45, 2.75) is 31.2 Å². The van der Waals surface area contributed by atoms with Crippen LogP contribution in [0.25, 0.3) is 0 Å². The van der Waals surface area contributed by atoms with E-state index >= 15 is 0 Å². The van der Waals surface area contributed by atoms with E-state index in [9.17, 15) is 4.79 Å². The molecule has 0 aromatic heterocycles. The fraction of sp³-hybridized carbons (Fsp3) is 0.533. The molecule has 2 aliphatic heterocycles. The number of anilines is 1. The highest BCUT2D eigenvalue weighted by Gasteiger charge is 2.35. The van der Waals surface area contributed by atoms with Crippen LogP contribution in [0, 0.1) is 0 Å². The third-order valence-electron chi connectivity index (χ3n) is 4.00. The molecule has 5 nitrogen and oxygen atoms in total. The van der Waals surface area contributed by atoms with Gasteiger partial charge >= 0.3 is 0 Å². The molecular formula is C15H20N2O3. The minimum atomic E-state index is -0.815. The molecule has 0 saturated carbocycles. The van der Waals surface area contributed by atoms with Crippen molar-refractivity contribution in [2.24, 2.45) is 5.73 Å². The monoisotopic (exact) mass is 276 g/mol. The number of carbonyl (C=O) groups excluding carboxylic acids is 1.